The van der Waals surface area contributed by atoms with Gasteiger partial charge in [0.1, 0.15) is 0 Å². The van der Waals surface area contributed by atoms with Gasteiger partial charge in [-0.05, 0) is 66.4 Å². The normalized spacial score (nSPS) is 12.9. The smallest absolute Gasteiger partial charge is 0.337 e. The van der Waals surface area contributed by atoms with Crippen molar-refractivity contribution in [3.63, 3.8) is 0 Å². The van der Waals surface area contributed by atoms with E-state index in [2.05, 4.69) is 0 Å². The standard InChI is InChI=1S/C24H25ClO4/c1-24(2,3)29-22(23(26)27)21-17(14-28-4)13-16-7-5-6-8-19(16)20(21)15-9-11-18(25)12-10-15/h5-13,22H,14H2,1-4H3,(H,26,27). The molecule has 0 bridgehead atoms. The topological polar surface area (TPSA) is 55.8 Å². The number of benzene rings is 3. The predicted molar refractivity (Wildman–Crippen MR) is 116 cm³/mol. The molecule has 1 N–H and O–H groups in total. The van der Waals surface area contributed by atoms with Gasteiger partial charge in [-0.1, -0.05) is 48.0 Å². The first-order valence-corrected chi connectivity index (χ1v) is 9.79. The number of aliphatic carboxylic acids is 1. The summed E-state index contributed by atoms with van der Waals surface area (Å²) in [7, 11) is 1.60. The van der Waals surface area contributed by atoms with Gasteiger partial charge in [-0.15, -0.1) is 0 Å². The first-order chi connectivity index (χ1) is 13.7. The number of hydrogen-bond donors (Lipinski definition) is 1. The van der Waals surface area contributed by atoms with Gasteiger partial charge in [0.15, 0.2) is 6.10 Å². The van der Waals surface area contributed by atoms with E-state index in [1.54, 1.807) is 19.2 Å². The lowest BCUT2D eigenvalue weighted by Crippen LogP contribution is -2.28. The monoisotopic (exact) mass is 412 g/mol. The fraction of sp³-hybridized carbons (Fsp3) is 0.292. The van der Waals surface area contributed by atoms with E-state index in [4.69, 9.17) is 21.1 Å². The Morgan fingerprint density at radius 3 is 2.34 bits per heavy atom. The summed E-state index contributed by atoms with van der Waals surface area (Å²) in [6.45, 7) is 5.82. The highest BCUT2D eigenvalue weighted by Gasteiger charge is 2.32. The molecule has 3 aromatic carbocycles. The van der Waals surface area contributed by atoms with Gasteiger partial charge in [-0.25, -0.2) is 4.79 Å². The molecule has 3 aromatic rings. The summed E-state index contributed by atoms with van der Waals surface area (Å²) in [4.78, 5) is 12.3. The molecule has 0 aliphatic heterocycles. The lowest BCUT2D eigenvalue weighted by Gasteiger charge is -2.29. The number of carbonyl (C=O) groups is 1. The molecule has 0 aromatic heterocycles. The molecule has 1 unspecified atom stereocenters. The van der Waals surface area contributed by atoms with Crippen LogP contribution in [0.2, 0.25) is 5.02 Å². The largest absolute Gasteiger partial charge is 0.479 e. The summed E-state index contributed by atoms with van der Waals surface area (Å²) in [6, 6.07) is 17.3. The van der Waals surface area contributed by atoms with Gasteiger partial charge in [-0.3, -0.25) is 0 Å². The minimum absolute atomic E-state index is 0.276. The van der Waals surface area contributed by atoms with E-state index in [-0.39, 0.29) is 6.61 Å². The van der Waals surface area contributed by atoms with E-state index < -0.39 is 17.7 Å². The van der Waals surface area contributed by atoms with Crippen LogP contribution in [0.3, 0.4) is 0 Å². The van der Waals surface area contributed by atoms with Crippen molar-refractivity contribution in [2.75, 3.05) is 7.11 Å². The SMILES string of the molecule is COCc1cc2ccccc2c(-c2ccc(Cl)cc2)c1C(OC(C)(C)C)C(=O)O. The number of halogens is 1. The molecular formula is C24H25ClO4. The Morgan fingerprint density at radius 1 is 1.10 bits per heavy atom. The maximum Gasteiger partial charge on any atom is 0.337 e. The summed E-state index contributed by atoms with van der Waals surface area (Å²) < 4.78 is 11.4. The molecule has 152 valence electrons. The Hall–Kier alpha value is -2.40. The third kappa shape index (κ3) is 4.78. The van der Waals surface area contributed by atoms with Gasteiger partial charge in [-0.2, -0.15) is 0 Å². The maximum absolute atomic E-state index is 12.3. The molecule has 0 aliphatic rings. The Kier molecular flexibility index (Phi) is 6.27. The van der Waals surface area contributed by atoms with Crippen molar-refractivity contribution in [2.24, 2.45) is 0 Å². The van der Waals surface area contributed by atoms with Crippen molar-refractivity contribution in [3.05, 3.63) is 70.7 Å². The van der Waals surface area contributed by atoms with Gasteiger partial charge in [0, 0.05) is 17.7 Å². The number of carboxylic acid groups (broad SMARTS) is 1. The Labute approximate surface area is 176 Å². The summed E-state index contributed by atoms with van der Waals surface area (Å²) >= 11 is 6.10. The quantitative estimate of drug-likeness (QED) is 0.520. The van der Waals surface area contributed by atoms with Gasteiger partial charge in [0.05, 0.1) is 12.2 Å². The molecule has 0 spiro atoms. The molecule has 29 heavy (non-hydrogen) atoms. The highest BCUT2D eigenvalue weighted by molar-refractivity contribution is 6.30. The lowest BCUT2D eigenvalue weighted by atomic mass is 9.87. The zero-order valence-electron chi connectivity index (χ0n) is 17.0. The summed E-state index contributed by atoms with van der Waals surface area (Å²) in [5, 5.41) is 12.7. The third-order valence-electron chi connectivity index (χ3n) is 4.57. The highest BCUT2D eigenvalue weighted by Crippen LogP contribution is 2.41. The van der Waals surface area contributed by atoms with E-state index in [1.807, 2.05) is 63.2 Å². The fourth-order valence-corrected chi connectivity index (χ4v) is 3.64. The van der Waals surface area contributed by atoms with Gasteiger partial charge in [0.2, 0.25) is 0 Å². The third-order valence-corrected chi connectivity index (χ3v) is 4.82. The van der Waals surface area contributed by atoms with Crippen molar-refractivity contribution in [3.8, 4) is 11.1 Å². The number of methoxy groups -OCH3 is 1. The molecule has 0 radical (unpaired) electrons. The van der Waals surface area contributed by atoms with Crippen LogP contribution in [0.1, 0.15) is 38.0 Å². The Morgan fingerprint density at radius 2 is 1.76 bits per heavy atom. The maximum atomic E-state index is 12.3. The first-order valence-electron chi connectivity index (χ1n) is 9.41. The lowest BCUT2D eigenvalue weighted by molar-refractivity contribution is -0.160. The number of hydrogen-bond acceptors (Lipinski definition) is 3. The second-order valence-electron chi connectivity index (χ2n) is 7.93. The Bertz CT molecular complexity index is 1020. The number of rotatable bonds is 6. The van der Waals surface area contributed by atoms with Crippen LogP contribution < -0.4 is 0 Å². The van der Waals surface area contributed by atoms with Crippen LogP contribution in [-0.4, -0.2) is 23.8 Å². The van der Waals surface area contributed by atoms with E-state index in [9.17, 15) is 9.90 Å². The molecular weight excluding hydrogens is 388 g/mol. The van der Waals surface area contributed by atoms with E-state index in [0.717, 1.165) is 27.5 Å². The van der Waals surface area contributed by atoms with Crippen LogP contribution in [0, 0.1) is 0 Å². The molecule has 0 amide bonds. The molecule has 0 fully saturated rings. The van der Waals surface area contributed by atoms with Crippen LogP contribution in [0.4, 0.5) is 0 Å². The van der Waals surface area contributed by atoms with E-state index in [1.165, 1.54) is 0 Å². The molecule has 4 nitrogen and oxygen atoms in total. The second kappa shape index (κ2) is 8.54. The molecule has 0 aliphatic carbocycles. The molecule has 0 saturated heterocycles. The minimum Gasteiger partial charge on any atom is -0.479 e. The average Bonchev–Trinajstić information content (AvgIpc) is 2.65. The molecule has 3 rings (SSSR count). The average molecular weight is 413 g/mol. The number of fused-ring (bicyclic) bond motifs is 1. The van der Waals surface area contributed by atoms with Crippen LogP contribution in [0.15, 0.2) is 54.6 Å². The van der Waals surface area contributed by atoms with E-state index in [0.29, 0.717) is 10.6 Å². The van der Waals surface area contributed by atoms with Crippen molar-refractivity contribution in [2.45, 2.75) is 39.1 Å². The van der Waals surface area contributed by atoms with Crippen LogP contribution >= 0.6 is 11.6 Å². The van der Waals surface area contributed by atoms with Crippen LogP contribution in [0.25, 0.3) is 21.9 Å². The fourth-order valence-electron chi connectivity index (χ4n) is 3.51. The number of carboxylic acids is 1. The Balaban J connectivity index is 2.41. The van der Waals surface area contributed by atoms with Crippen molar-refractivity contribution in [1.29, 1.82) is 0 Å². The summed E-state index contributed by atoms with van der Waals surface area (Å²) in [6.07, 6.45) is -1.14. The molecule has 1 atom stereocenters. The van der Waals surface area contributed by atoms with Crippen LogP contribution in [-0.2, 0) is 20.9 Å². The van der Waals surface area contributed by atoms with Gasteiger partial charge in [0.25, 0.3) is 0 Å². The predicted octanol–water partition coefficient (Wildman–Crippen LogP) is 6.25. The molecule has 0 heterocycles. The van der Waals surface area contributed by atoms with Crippen LogP contribution in [0.5, 0.6) is 0 Å². The zero-order chi connectivity index (χ0) is 21.2. The zero-order valence-corrected chi connectivity index (χ0v) is 17.8. The van der Waals surface area contributed by atoms with Crippen molar-refractivity contribution < 1.29 is 19.4 Å². The highest BCUT2D eigenvalue weighted by atomic mass is 35.5. The molecule has 5 heteroatoms. The second-order valence-corrected chi connectivity index (χ2v) is 8.37. The summed E-state index contributed by atoms with van der Waals surface area (Å²) in [5.74, 6) is -1.04. The van der Waals surface area contributed by atoms with Gasteiger partial charge >= 0.3 is 5.97 Å². The van der Waals surface area contributed by atoms with Crippen molar-refractivity contribution in [1.82, 2.24) is 0 Å². The van der Waals surface area contributed by atoms with Crippen molar-refractivity contribution >= 4 is 28.3 Å². The van der Waals surface area contributed by atoms with E-state index >= 15 is 0 Å². The van der Waals surface area contributed by atoms with Gasteiger partial charge < -0.3 is 14.6 Å². The number of ether oxygens (including phenoxy) is 2. The molecule has 0 saturated carbocycles. The minimum atomic E-state index is -1.14. The summed E-state index contributed by atoms with van der Waals surface area (Å²) in [5.41, 5.74) is 2.45. The first kappa shape index (κ1) is 21.3.